The van der Waals surface area contributed by atoms with E-state index in [1.807, 2.05) is 0 Å². The number of piperidine rings is 1. The summed E-state index contributed by atoms with van der Waals surface area (Å²) in [7, 11) is 1.57. The molecule has 5 heteroatoms. The van der Waals surface area contributed by atoms with Crippen LogP contribution in [0.4, 0.5) is 0 Å². The highest BCUT2D eigenvalue weighted by molar-refractivity contribution is 6.35. The van der Waals surface area contributed by atoms with Crippen LogP contribution < -0.4 is 14.8 Å². The number of halogens is 2. The van der Waals surface area contributed by atoms with Crippen molar-refractivity contribution in [3.63, 3.8) is 0 Å². The summed E-state index contributed by atoms with van der Waals surface area (Å²) in [6.07, 6.45) is 4.80. The van der Waals surface area contributed by atoms with Crippen molar-refractivity contribution in [2.45, 2.75) is 25.7 Å². The maximum Gasteiger partial charge on any atom is 0.139 e. The molecule has 1 aromatic rings. The summed E-state index contributed by atoms with van der Waals surface area (Å²) in [6.45, 7) is 2.96. The van der Waals surface area contributed by atoms with E-state index < -0.39 is 0 Å². The minimum absolute atomic E-state index is 0.519. The first kappa shape index (κ1) is 15.7. The molecule has 0 spiro atoms. The van der Waals surface area contributed by atoms with Crippen LogP contribution >= 0.6 is 23.2 Å². The standard InChI is InChI=1S/C15H21Cl2NO2/c1-19-14-9-13(17)15(10-12(14)16)20-8-2-3-11-4-6-18-7-5-11/h9-11,18H,2-8H2,1H3. The molecule has 0 atom stereocenters. The summed E-state index contributed by atoms with van der Waals surface area (Å²) >= 11 is 12.2. The van der Waals surface area contributed by atoms with E-state index in [1.165, 1.54) is 19.3 Å². The quantitative estimate of drug-likeness (QED) is 0.799. The number of benzene rings is 1. The molecule has 112 valence electrons. The number of rotatable bonds is 6. The zero-order valence-electron chi connectivity index (χ0n) is 11.8. The molecule has 1 heterocycles. The molecule has 0 amide bonds. The first-order valence-electron chi connectivity index (χ1n) is 7.07. The summed E-state index contributed by atoms with van der Waals surface area (Å²) in [5, 5.41) is 4.43. The SMILES string of the molecule is COc1cc(Cl)c(OCCCC2CCNCC2)cc1Cl. The number of methoxy groups -OCH3 is 1. The number of hydrogen-bond acceptors (Lipinski definition) is 3. The maximum atomic E-state index is 6.14. The smallest absolute Gasteiger partial charge is 0.139 e. The molecular weight excluding hydrogens is 297 g/mol. The van der Waals surface area contributed by atoms with Gasteiger partial charge in [-0.25, -0.2) is 0 Å². The second-order valence-corrected chi connectivity index (χ2v) is 5.92. The molecule has 0 bridgehead atoms. The lowest BCUT2D eigenvalue weighted by Gasteiger charge is -2.22. The average molecular weight is 318 g/mol. The van der Waals surface area contributed by atoms with Gasteiger partial charge in [0, 0.05) is 12.1 Å². The monoisotopic (exact) mass is 317 g/mol. The van der Waals surface area contributed by atoms with Gasteiger partial charge in [-0.3, -0.25) is 0 Å². The van der Waals surface area contributed by atoms with Crippen molar-refractivity contribution < 1.29 is 9.47 Å². The Morgan fingerprint density at radius 1 is 1.15 bits per heavy atom. The molecule has 0 unspecified atom stereocenters. The minimum atomic E-state index is 0.519. The number of nitrogens with one attached hydrogen (secondary N) is 1. The van der Waals surface area contributed by atoms with E-state index in [0.717, 1.165) is 25.4 Å². The Bertz CT molecular complexity index is 434. The second-order valence-electron chi connectivity index (χ2n) is 5.10. The van der Waals surface area contributed by atoms with Crippen molar-refractivity contribution in [2.75, 3.05) is 26.8 Å². The van der Waals surface area contributed by atoms with Gasteiger partial charge < -0.3 is 14.8 Å². The van der Waals surface area contributed by atoms with E-state index in [-0.39, 0.29) is 0 Å². The number of hydrogen-bond donors (Lipinski definition) is 1. The van der Waals surface area contributed by atoms with Crippen molar-refractivity contribution in [3.05, 3.63) is 22.2 Å². The largest absolute Gasteiger partial charge is 0.495 e. The van der Waals surface area contributed by atoms with Crippen LogP contribution in [0.15, 0.2) is 12.1 Å². The summed E-state index contributed by atoms with van der Waals surface area (Å²) in [6, 6.07) is 3.40. The number of ether oxygens (including phenoxy) is 2. The Balaban J connectivity index is 1.77. The third kappa shape index (κ3) is 4.44. The Morgan fingerprint density at radius 2 is 1.80 bits per heavy atom. The molecule has 0 aromatic heterocycles. The molecule has 0 saturated carbocycles. The Morgan fingerprint density at radius 3 is 2.50 bits per heavy atom. The molecule has 0 aliphatic carbocycles. The van der Waals surface area contributed by atoms with Crippen LogP contribution in [0.5, 0.6) is 11.5 Å². The van der Waals surface area contributed by atoms with Crippen LogP contribution in [0.3, 0.4) is 0 Å². The van der Waals surface area contributed by atoms with Crippen molar-refractivity contribution in [3.8, 4) is 11.5 Å². The Hall–Kier alpha value is -0.640. The van der Waals surface area contributed by atoms with Crippen LogP contribution in [-0.2, 0) is 0 Å². The topological polar surface area (TPSA) is 30.5 Å². The first-order valence-corrected chi connectivity index (χ1v) is 7.83. The fraction of sp³-hybridized carbons (Fsp3) is 0.600. The molecule has 3 nitrogen and oxygen atoms in total. The highest BCUT2D eigenvalue weighted by Crippen LogP contribution is 2.35. The van der Waals surface area contributed by atoms with E-state index in [9.17, 15) is 0 Å². The predicted octanol–water partition coefficient (Wildman–Crippen LogP) is 4.16. The molecule has 1 aliphatic heterocycles. The normalized spacial score (nSPS) is 16.1. The fourth-order valence-electron chi connectivity index (χ4n) is 2.50. The van der Waals surface area contributed by atoms with Crippen molar-refractivity contribution in [2.24, 2.45) is 5.92 Å². The van der Waals surface area contributed by atoms with Gasteiger partial charge in [0.05, 0.1) is 23.8 Å². The van der Waals surface area contributed by atoms with Gasteiger partial charge in [-0.15, -0.1) is 0 Å². The van der Waals surface area contributed by atoms with Gasteiger partial charge in [-0.2, -0.15) is 0 Å². The summed E-state index contributed by atoms with van der Waals surface area (Å²) in [4.78, 5) is 0. The molecule has 20 heavy (non-hydrogen) atoms. The minimum Gasteiger partial charge on any atom is -0.495 e. The van der Waals surface area contributed by atoms with Gasteiger partial charge >= 0.3 is 0 Å². The van der Waals surface area contributed by atoms with E-state index in [4.69, 9.17) is 32.7 Å². The van der Waals surface area contributed by atoms with E-state index >= 15 is 0 Å². The van der Waals surface area contributed by atoms with E-state index in [1.54, 1.807) is 19.2 Å². The van der Waals surface area contributed by atoms with Crippen molar-refractivity contribution >= 4 is 23.2 Å². The van der Waals surface area contributed by atoms with Gasteiger partial charge in [0.15, 0.2) is 0 Å². The highest BCUT2D eigenvalue weighted by atomic mass is 35.5. The Kier molecular flexibility index (Phi) is 6.27. The molecular formula is C15H21Cl2NO2. The van der Waals surface area contributed by atoms with Gasteiger partial charge in [-0.1, -0.05) is 23.2 Å². The predicted molar refractivity (Wildman–Crippen MR) is 83.3 cm³/mol. The highest BCUT2D eigenvalue weighted by Gasteiger charge is 2.13. The van der Waals surface area contributed by atoms with E-state index in [0.29, 0.717) is 28.2 Å². The third-order valence-corrected chi connectivity index (χ3v) is 4.27. The van der Waals surface area contributed by atoms with Gasteiger partial charge in [0.25, 0.3) is 0 Å². The summed E-state index contributed by atoms with van der Waals surface area (Å²) < 4.78 is 10.8. The molecule has 1 fully saturated rings. The maximum absolute atomic E-state index is 6.14. The summed E-state index contributed by atoms with van der Waals surface area (Å²) in [5.74, 6) is 2.02. The zero-order valence-corrected chi connectivity index (χ0v) is 13.3. The van der Waals surface area contributed by atoms with Crippen molar-refractivity contribution in [1.29, 1.82) is 0 Å². The molecule has 1 aromatic carbocycles. The molecule has 0 radical (unpaired) electrons. The lowest BCUT2D eigenvalue weighted by molar-refractivity contribution is 0.273. The average Bonchev–Trinajstić information content (AvgIpc) is 2.47. The van der Waals surface area contributed by atoms with Crippen LogP contribution in [0, 0.1) is 5.92 Å². The van der Waals surface area contributed by atoms with Crippen LogP contribution in [0.1, 0.15) is 25.7 Å². The van der Waals surface area contributed by atoms with Crippen LogP contribution in [-0.4, -0.2) is 26.8 Å². The summed E-state index contributed by atoms with van der Waals surface area (Å²) in [5.41, 5.74) is 0. The molecule has 1 aliphatic rings. The second kappa shape index (κ2) is 7.96. The molecule has 2 rings (SSSR count). The molecule has 1 N–H and O–H groups in total. The Labute approximate surface area is 130 Å². The lowest BCUT2D eigenvalue weighted by atomic mass is 9.93. The van der Waals surface area contributed by atoms with Crippen molar-refractivity contribution in [1.82, 2.24) is 5.32 Å². The van der Waals surface area contributed by atoms with Crippen LogP contribution in [0.2, 0.25) is 10.0 Å². The first-order chi connectivity index (χ1) is 9.70. The zero-order chi connectivity index (χ0) is 14.4. The van der Waals surface area contributed by atoms with Gasteiger partial charge in [0.2, 0.25) is 0 Å². The van der Waals surface area contributed by atoms with Gasteiger partial charge in [-0.05, 0) is 44.7 Å². The third-order valence-electron chi connectivity index (χ3n) is 3.68. The van der Waals surface area contributed by atoms with E-state index in [2.05, 4.69) is 5.32 Å². The molecule has 1 saturated heterocycles. The fourth-order valence-corrected chi connectivity index (χ4v) is 2.94. The lowest BCUT2D eigenvalue weighted by Crippen LogP contribution is -2.27. The van der Waals surface area contributed by atoms with Crippen LogP contribution in [0.25, 0.3) is 0 Å². The van der Waals surface area contributed by atoms with Gasteiger partial charge in [0.1, 0.15) is 11.5 Å².